The van der Waals surface area contributed by atoms with Gasteiger partial charge in [0.2, 0.25) is 0 Å². The summed E-state index contributed by atoms with van der Waals surface area (Å²) >= 11 is 6.53. The van der Waals surface area contributed by atoms with Crippen LogP contribution in [0.5, 0.6) is 0 Å². The van der Waals surface area contributed by atoms with Crippen LogP contribution in [-0.4, -0.2) is 9.97 Å². The number of aryl methyl sites for hydroxylation is 1. The molecule has 2 heterocycles. The van der Waals surface area contributed by atoms with Gasteiger partial charge in [-0.05, 0) is 18.6 Å². The molecule has 0 aliphatic heterocycles. The van der Waals surface area contributed by atoms with E-state index >= 15 is 0 Å². The minimum atomic E-state index is 0.746. The lowest BCUT2D eigenvalue weighted by Gasteiger charge is -2.01. The van der Waals surface area contributed by atoms with Crippen molar-refractivity contribution >= 4 is 44.4 Å². The maximum Gasteiger partial charge on any atom is 0.0980 e. The molecule has 0 bridgehead atoms. The number of pyridine rings is 1. The fourth-order valence-electron chi connectivity index (χ4n) is 2.64. The van der Waals surface area contributed by atoms with Crippen molar-refractivity contribution in [2.24, 2.45) is 0 Å². The Bertz CT molecular complexity index is 938. The Morgan fingerprint density at radius 2 is 1.74 bits per heavy atom. The quantitative estimate of drug-likeness (QED) is 0.485. The SMILES string of the molecule is Cc1cccc2c1[nH]c1c(Cl)c3ccccc3nc12. The molecular weight excluding hydrogens is 256 g/mol. The van der Waals surface area contributed by atoms with Gasteiger partial charge in [-0.25, -0.2) is 4.98 Å². The van der Waals surface area contributed by atoms with Crippen LogP contribution >= 0.6 is 11.6 Å². The molecule has 92 valence electrons. The van der Waals surface area contributed by atoms with Crippen molar-refractivity contribution in [2.45, 2.75) is 6.92 Å². The van der Waals surface area contributed by atoms with Crippen molar-refractivity contribution in [3.63, 3.8) is 0 Å². The van der Waals surface area contributed by atoms with Gasteiger partial charge >= 0.3 is 0 Å². The van der Waals surface area contributed by atoms with Crippen LogP contribution in [0.3, 0.4) is 0 Å². The second kappa shape index (κ2) is 3.72. The highest BCUT2D eigenvalue weighted by Gasteiger charge is 2.12. The molecule has 19 heavy (non-hydrogen) atoms. The average molecular weight is 267 g/mol. The molecule has 0 spiro atoms. The molecule has 0 saturated carbocycles. The van der Waals surface area contributed by atoms with Crippen molar-refractivity contribution < 1.29 is 0 Å². The van der Waals surface area contributed by atoms with Crippen LogP contribution in [0.4, 0.5) is 0 Å². The van der Waals surface area contributed by atoms with Crippen LogP contribution in [0.2, 0.25) is 5.02 Å². The van der Waals surface area contributed by atoms with Gasteiger partial charge in [0.25, 0.3) is 0 Å². The number of nitrogens with one attached hydrogen (secondary N) is 1. The zero-order chi connectivity index (χ0) is 13.0. The van der Waals surface area contributed by atoms with E-state index < -0.39 is 0 Å². The van der Waals surface area contributed by atoms with Crippen LogP contribution in [0.1, 0.15) is 5.56 Å². The zero-order valence-electron chi connectivity index (χ0n) is 10.4. The van der Waals surface area contributed by atoms with Crippen molar-refractivity contribution in [1.82, 2.24) is 9.97 Å². The Morgan fingerprint density at radius 3 is 2.63 bits per heavy atom. The maximum absolute atomic E-state index is 6.53. The molecule has 0 amide bonds. The fourth-order valence-corrected chi connectivity index (χ4v) is 2.93. The molecule has 0 fully saturated rings. The van der Waals surface area contributed by atoms with E-state index in [0.717, 1.165) is 37.9 Å². The highest BCUT2D eigenvalue weighted by Crippen LogP contribution is 2.34. The lowest BCUT2D eigenvalue weighted by molar-refractivity contribution is 1.45. The molecule has 3 heteroatoms. The van der Waals surface area contributed by atoms with E-state index in [1.807, 2.05) is 24.3 Å². The summed E-state index contributed by atoms with van der Waals surface area (Å²) in [7, 11) is 0. The van der Waals surface area contributed by atoms with E-state index in [9.17, 15) is 0 Å². The molecule has 2 aromatic carbocycles. The first-order valence-corrected chi connectivity index (χ1v) is 6.59. The number of aromatic amines is 1. The normalized spacial score (nSPS) is 11.7. The number of aromatic nitrogens is 2. The third-order valence-corrected chi connectivity index (χ3v) is 4.00. The van der Waals surface area contributed by atoms with Gasteiger partial charge in [-0.1, -0.05) is 48.0 Å². The fraction of sp³-hybridized carbons (Fsp3) is 0.0625. The third kappa shape index (κ3) is 1.41. The standard InChI is InChI=1S/C16H11ClN2/c1-9-5-4-7-11-14(9)19-16-13(17)10-6-2-3-8-12(10)18-15(11)16/h2-8,19H,1H3. The molecule has 4 rings (SSSR count). The van der Waals surface area contributed by atoms with Crippen LogP contribution in [0.25, 0.3) is 32.8 Å². The molecule has 0 aliphatic carbocycles. The number of rotatable bonds is 0. The van der Waals surface area contributed by atoms with Crippen LogP contribution in [-0.2, 0) is 0 Å². The molecule has 2 aromatic heterocycles. The minimum absolute atomic E-state index is 0.746. The maximum atomic E-state index is 6.53. The van der Waals surface area contributed by atoms with Crippen molar-refractivity contribution in [3.05, 3.63) is 53.1 Å². The Balaban J connectivity index is 2.33. The zero-order valence-corrected chi connectivity index (χ0v) is 11.1. The molecule has 0 saturated heterocycles. The summed E-state index contributed by atoms with van der Waals surface area (Å²) in [4.78, 5) is 8.16. The lowest BCUT2D eigenvalue weighted by atomic mass is 10.1. The van der Waals surface area contributed by atoms with Gasteiger partial charge in [0.1, 0.15) is 0 Å². The molecule has 2 nitrogen and oxygen atoms in total. The smallest absolute Gasteiger partial charge is 0.0980 e. The first-order valence-electron chi connectivity index (χ1n) is 6.21. The number of nitrogens with zero attached hydrogens (tertiary/aromatic N) is 1. The summed E-state index contributed by atoms with van der Waals surface area (Å²) in [5, 5.41) is 2.86. The Morgan fingerprint density at radius 1 is 0.947 bits per heavy atom. The van der Waals surface area contributed by atoms with Crippen molar-refractivity contribution in [3.8, 4) is 0 Å². The highest BCUT2D eigenvalue weighted by atomic mass is 35.5. The summed E-state index contributed by atoms with van der Waals surface area (Å²) in [6.45, 7) is 2.09. The monoisotopic (exact) mass is 266 g/mol. The molecule has 0 atom stereocenters. The highest BCUT2D eigenvalue weighted by molar-refractivity contribution is 6.40. The summed E-state index contributed by atoms with van der Waals surface area (Å²) in [5.74, 6) is 0. The van der Waals surface area contributed by atoms with Gasteiger partial charge in [-0.2, -0.15) is 0 Å². The van der Waals surface area contributed by atoms with Gasteiger partial charge in [0.15, 0.2) is 0 Å². The van der Waals surface area contributed by atoms with Crippen molar-refractivity contribution in [2.75, 3.05) is 0 Å². The molecule has 0 radical (unpaired) electrons. The largest absolute Gasteiger partial charge is 0.352 e. The lowest BCUT2D eigenvalue weighted by Crippen LogP contribution is -1.82. The molecule has 1 N–H and O–H groups in total. The summed E-state index contributed by atoms with van der Waals surface area (Å²) in [6.07, 6.45) is 0. The average Bonchev–Trinajstić information content (AvgIpc) is 2.80. The van der Waals surface area contributed by atoms with E-state index in [-0.39, 0.29) is 0 Å². The number of para-hydroxylation sites is 2. The van der Waals surface area contributed by atoms with Gasteiger partial charge in [0.05, 0.1) is 27.1 Å². The van der Waals surface area contributed by atoms with E-state index in [2.05, 4.69) is 30.1 Å². The first-order chi connectivity index (χ1) is 9.25. The second-order valence-corrected chi connectivity index (χ2v) is 5.17. The number of hydrogen-bond acceptors (Lipinski definition) is 1. The molecule has 0 aliphatic rings. The number of halogens is 1. The number of fused-ring (bicyclic) bond motifs is 4. The molecular formula is C16H11ClN2. The molecule has 4 aromatic rings. The molecule has 0 unspecified atom stereocenters. The Kier molecular flexibility index (Phi) is 2.12. The predicted molar refractivity (Wildman–Crippen MR) is 80.9 cm³/mol. The minimum Gasteiger partial charge on any atom is -0.352 e. The Labute approximate surface area is 115 Å². The predicted octanol–water partition coefficient (Wildman–Crippen LogP) is 4.83. The third-order valence-electron chi connectivity index (χ3n) is 3.61. The van der Waals surface area contributed by atoms with Gasteiger partial charge < -0.3 is 4.98 Å². The Hall–Kier alpha value is -2.06. The van der Waals surface area contributed by atoms with Crippen LogP contribution in [0.15, 0.2) is 42.5 Å². The van der Waals surface area contributed by atoms with Gasteiger partial charge in [0, 0.05) is 10.8 Å². The second-order valence-electron chi connectivity index (χ2n) is 4.79. The first kappa shape index (κ1) is 10.8. The van der Waals surface area contributed by atoms with Gasteiger partial charge in [-0.3, -0.25) is 0 Å². The number of H-pyrrole nitrogens is 1. The summed E-state index contributed by atoms with van der Waals surface area (Å²) in [6, 6.07) is 14.2. The topological polar surface area (TPSA) is 28.7 Å². The van der Waals surface area contributed by atoms with E-state index in [1.54, 1.807) is 0 Å². The van der Waals surface area contributed by atoms with Crippen molar-refractivity contribution in [1.29, 1.82) is 0 Å². The van der Waals surface area contributed by atoms with Crippen LogP contribution < -0.4 is 0 Å². The number of hydrogen-bond donors (Lipinski definition) is 1. The summed E-state index contributed by atoms with van der Waals surface area (Å²) in [5.41, 5.74) is 5.12. The van der Waals surface area contributed by atoms with E-state index in [1.165, 1.54) is 5.56 Å². The van der Waals surface area contributed by atoms with Gasteiger partial charge in [-0.15, -0.1) is 0 Å². The number of benzene rings is 2. The van der Waals surface area contributed by atoms with E-state index in [0.29, 0.717) is 0 Å². The van der Waals surface area contributed by atoms with E-state index in [4.69, 9.17) is 16.6 Å². The summed E-state index contributed by atoms with van der Waals surface area (Å²) < 4.78 is 0. The van der Waals surface area contributed by atoms with Crippen LogP contribution in [0, 0.1) is 6.92 Å².